The van der Waals surface area contributed by atoms with Gasteiger partial charge in [-0.15, -0.1) is 0 Å². The summed E-state index contributed by atoms with van der Waals surface area (Å²) in [7, 11) is 0. The largest absolute Gasteiger partial charge is 0.364 e. The normalized spacial score (nSPS) is 27.6. The SMILES string of the molecule is C1=C(c2ccccc2)C=C(c2ccccc2)[C@H]2[C@@H]1[C@H]1O[C@@H]2c2ccccc21. The molecule has 3 aromatic carbocycles. The fraction of sp³-hybridized carbons (Fsp3) is 0.154. The van der Waals surface area contributed by atoms with Crippen molar-refractivity contribution in [1.29, 1.82) is 0 Å². The summed E-state index contributed by atoms with van der Waals surface area (Å²) in [6.45, 7) is 0. The molecule has 4 atom stereocenters. The van der Waals surface area contributed by atoms with Crippen molar-refractivity contribution < 1.29 is 4.74 Å². The molecular weight excluding hydrogens is 328 g/mol. The van der Waals surface area contributed by atoms with Crippen LogP contribution in [-0.4, -0.2) is 0 Å². The average Bonchev–Trinajstić information content (AvgIpc) is 3.32. The van der Waals surface area contributed by atoms with E-state index in [1.165, 1.54) is 33.4 Å². The first-order valence-electron chi connectivity index (χ1n) is 9.69. The van der Waals surface area contributed by atoms with Crippen LogP contribution in [-0.2, 0) is 4.74 Å². The van der Waals surface area contributed by atoms with Gasteiger partial charge in [-0.1, -0.05) is 97.1 Å². The van der Waals surface area contributed by atoms with Crippen LogP contribution in [0.4, 0.5) is 0 Å². The van der Waals surface area contributed by atoms with Gasteiger partial charge in [0.05, 0.1) is 12.2 Å². The van der Waals surface area contributed by atoms with E-state index < -0.39 is 0 Å². The van der Waals surface area contributed by atoms with E-state index in [4.69, 9.17) is 4.74 Å². The molecule has 0 aromatic heterocycles. The Balaban J connectivity index is 1.54. The monoisotopic (exact) mass is 348 g/mol. The van der Waals surface area contributed by atoms with Crippen molar-refractivity contribution in [3.63, 3.8) is 0 Å². The van der Waals surface area contributed by atoms with E-state index in [9.17, 15) is 0 Å². The zero-order chi connectivity index (χ0) is 17.8. The summed E-state index contributed by atoms with van der Waals surface area (Å²) in [5.41, 5.74) is 8.06. The first kappa shape index (κ1) is 15.2. The van der Waals surface area contributed by atoms with Gasteiger partial charge in [0.25, 0.3) is 0 Å². The van der Waals surface area contributed by atoms with E-state index in [1.54, 1.807) is 0 Å². The molecule has 130 valence electrons. The molecule has 0 unspecified atom stereocenters. The Morgan fingerprint density at radius 1 is 0.593 bits per heavy atom. The van der Waals surface area contributed by atoms with Gasteiger partial charge in [-0.25, -0.2) is 0 Å². The van der Waals surface area contributed by atoms with Gasteiger partial charge >= 0.3 is 0 Å². The molecule has 0 N–H and O–H groups in total. The highest BCUT2D eigenvalue weighted by Crippen LogP contribution is 2.63. The van der Waals surface area contributed by atoms with Crippen molar-refractivity contribution >= 4 is 11.1 Å². The van der Waals surface area contributed by atoms with Crippen molar-refractivity contribution in [3.05, 3.63) is 119 Å². The number of allylic oxidation sites excluding steroid dienone is 2. The molecule has 1 nitrogen and oxygen atoms in total. The van der Waals surface area contributed by atoms with Gasteiger partial charge in [-0.2, -0.15) is 0 Å². The third-order valence-corrected chi connectivity index (χ3v) is 6.25. The lowest BCUT2D eigenvalue weighted by atomic mass is 9.67. The van der Waals surface area contributed by atoms with Gasteiger partial charge in [0, 0.05) is 11.8 Å². The number of benzene rings is 3. The third kappa shape index (κ3) is 2.22. The summed E-state index contributed by atoms with van der Waals surface area (Å²) in [5.74, 6) is 0.778. The first-order chi connectivity index (χ1) is 13.4. The van der Waals surface area contributed by atoms with Crippen molar-refractivity contribution in [2.24, 2.45) is 11.8 Å². The predicted octanol–water partition coefficient (Wildman–Crippen LogP) is 6.23. The molecule has 6 rings (SSSR count). The summed E-state index contributed by atoms with van der Waals surface area (Å²) in [6.07, 6.45) is 5.17. The predicted molar refractivity (Wildman–Crippen MR) is 109 cm³/mol. The van der Waals surface area contributed by atoms with Crippen LogP contribution in [0.25, 0.3) is 11.1 Å². The lowest BCUT2D eigenvalue weighted by Crippen LogP contribution is -2.24. The summed E-state index contributed by atoms with van der Waals surface area (Å²) < 4.78 is 6.54. The molecule has 27 heavy (non-hydrogen) atoms. The summed E-state index contributed by atoms with van der Waals surface area (Å²) in [5, 5.41) is 0. The summed E-state index contributed by atoms with van der Waals surface area (Å²) in [4.78, 5) is 0. The van der Waals surface area contributed by atoms with Crippen molar-refractivity contribution in [3.8, 4) is 0 Å². The number of hydrogen-bond acceptors (Lipinski definition) is 1. The number of ether oxygens (including phenoxy) is 1. The van der Waals surface area contributed by atoms with Gasteiger partial charge in [0.1, 0.15) is 0 Å². The Bertz CT molecular complexity index is 1060. The molecule has 0 radical (unpaired) electrons. The Hall–Kier alpha value is -2.90. The minimum Gasteiger partial charge on any atom is -0.364 e. The fourth-order valence-electron chi connectivity index (χ4n) is 5.10. The molecule has 2 heterocycles. The maximum atomic E-state index is 6.54. The highest BCUT2D eigenvalue weighted by molar-refractivity contribution is 5.88. The standard InChI is InChI=1S/C26H20O/c1-3-9-17(10-4-1)19-15-22(18-11-5-2-6-12-18)24-23(16-19)25-20-13-7-8-14-21(20)26(24)27-25/h1-16,23-26H/t23-,24+,25+,26-/m1/s1. The zero-order valence-electron chi connectivity index (χ0n) is 15.0. The molecule has 2 aliphatic heterocycles. The van der Waals surface area contributed by atoms with E-state index in [0.717, 1.165) is 0 Å². The molecule has 2 bridgehead atoms. The quantitative estimate of drug-likeness (QED) is 0.534. The van der Waals surface area contributed by atoms with Crippen molar-refractivity contribution in [2.45, 2.75) is 12.2 Å². The van der Waals surface area contributed by atoms with Crippen LogP contribution >= 0.6 is 0 Å². The van der Waals surface area contributed by atoms with Gasteiger partial charge in [-0.3, -0.25) is 0 Å². The van der Waals surface area contributed by atoms with Crippen LogP contribution in [0, 0.1) is 11.8 Å². The number of fused-ring (bicyclic) bond motifs is 8. The molecule has 1 saturated heterocycles. The Morgan fingerprint density at radius 2 is 1.19 bits per heavy atom. The molecule has 3 aromatic rings. The average molecular weight is 348 g/mol. The van der Waals surface area contributed by atoms with E-state index in [0.29, 0.717) is 11.8 Å². The Morgan fingerprint density at radius 3 is 1.89 bits per heavy atom. The second kappa shape index (κ2) is 5.80. The van der Waals surface area contributed by atoms with Crippen LogP contribution < -0.4 is 0 Å². The van der Waals surface area contributed by atoms with E-state index in [1.807, 2.05) is 0 Å². The summed E-state index contributed by atoms with van der Waals surface area (Å²) >= 11 is 0. The van der Waals surface area contributed by atoms with Gasteiger partial charge < -0.3 is 4.74 Å². The first-order valence-corrected chi connectivity index (χ1v) is 9.69. The van der Waals surface area contributed by atoms with Crippen LogP contribution in [0.2, 0.25) is 0 Å². The lowest BCUT2D eigenvalue weighted by Gasteiger charge is -2.33. The van der Waals surface area contributed by atoms with Gasteiger partial charge in [-0.05, 0) is 33.4 Å². The van der Waals surface area contributed by atoms with E-state index in [-0.39, 0.29) is 12.2 Å². The highest BCUT2D eigenvalue weighted by Gasteiger charge is 2.53. The molecule has 1 heteroatoms. The number of rotatable bonds is 2. The van der Waals surface area contributed by atoms with Crippen LogP contribution in [0.3, 0.4) is 0 Å². The van der Waals surface area contributed by atoms with Gasteiger partial charge in [0.15, 0.2) is 0 Å². The minimum atomic E-state index is 0.163. The minimum absolute atomic E-state index is 0.163. The van der Waals surface area contributed by atoms with Crippen molar-refractivity contribution in [2.75, 3.05) is 0 Å². The van der Waals surface area contributed by atoms with E-state index >= 15 is 0 Å². The lowest BCUT2D eigenvalue weighted by molar-refractivity contribution is 0.0609. The van der Waals surface area contributed by atoms with Crippen LogP contribution in [0.15, 0.2) is 97.1 Å². The molecule has 0 saturated carbocycles. The third-order valence-electron chi connectivity index (χ3n) is 6.25. The smallest absolute Gasteiger partial charge is 0.0912 e. The molecule has 3 aliphatic rings. The maximum absolute atomic E-state index is 6.54. The van der Waals surface area contributed by atoms with Crippen LogP contribution in [0.1, 0.15) is 34.5 Å². The summed E-state index contributed by atoms with van der Waals surface area (Å²) in [6, 6.07) is 30.3. The van der Waals surface area contributed by atoms with E-state index in [2.05, 4.69) is 97.1 Å². The topological polar surface area (TPSA) is 9.23 Å². The fourth-order valence-corrected chi connectivity index (χ4v) is 5.10. The number of hydrogen-bond donors (Lipinski definition) is 0. The van der Waals surface area contributed by atoms with Crippen molar-refractivity contribution in [1.82, 2.24) is 0 Å². The van der Waals surface area contributed by atoms with Gasteiger partial charge in [0.2, 0.25) is 0 Å². The molecule has 1 fully saturated rings. The van der Waals surface area contributed by atoms with Crippen LogP contribution in [0.5, 0.6) is 0 Å². The second-order valence-corrected chi connectivity index (χ2v) is 7.66. The molecular formula is C26H20O. The highest BCUT2D eigenvalue weighted by atomic mass is 16.5. The Kier molecular flexibility index (Phi) is 3.26. The molecule has 1 aliphatic carbocycles. The second-order valence-electron chi connectivity index (χ2n) is 7.66. The Labute approximate surface area is 159 Å². The molecule has 0 spiro atoms. The zero-order valence-corrected chi connectivity index (χ0v) is 15.0. The maximum Gasteiger partial charge on any atom is 0.0912 e. The molecule has 0 amide bonds.